The first-order chi connectivity index (χ1) is 10.6. The number of para-hydroxylation sites is 2. The molecule has 0 saturated carbocycles. The molecule has 2 rings (SSSR count). The number of methoxy groups -OCH3 is 1. The maximum absolute atomic E-state index is 12.0. The molecule has 0 aromatic heterocycles. The number of hydrogen-bond donors (Lipinski definition) is 1. The predicted octanol–water partition coefficient (Wildman–Crippen LogP) is 2.37. The molecule has 0 aliphatic rings. The highest BCUT2D eigenvalue weighted by Crippen LogP contribution is 2.17. The second kappa shape index (κ2) is 6.98. The number of hydrogen-bond acceptors (Lipinski definition) is 5. The molecule has 1 amide bonds. The lowest BCUT2D eigenvalue weighted by Crippen LogP contribution is -2.18. The Morgan fingerprint density at radius 3 is 2.64 bits per heavy atom. The first-order valence-electron chi connectivity index (χ1n) is 6.33. The van der Waals surface area contributed by atoms with Gasteiger partial charge in [-0.3, -0.25) is 14.9 Å². The topological polar surface area (TPSA) is 93.8 Å². The van der Waals surface area contributed by atoms with Crippen LogP contribution in [0.3, 0.4) is 0 Å². The number of carbonyl (C=O) groups excluding carboxylic acids is 1. The lowest BCUT2D eigenvalue weighted by molar-refractivity contribution is -0.385. The molecule has 7 heteroatoms. The third-order valence-electron chi connectivity index (χ3n) is 2.85. The average molecular weight is 299 g/mol. The van der Waals surface area contributed by atoms with Crippen molar-refractivity contribution < 1.29 is 14.5 Å². The van der Waals surface area contributed by atoms with Crippen LogP contribution in [0.4, 0.5) is 5.69 Å². The zero-order valence-electron chi connectivity index (χ0n) is 11.7. The Bertz CT molecular complexity index is 728. The number of ether oxygens (including phenoxy) is 1. The Morgan fingerprint density at radius 1 is 1.23 bits per heavy atom. The number of amides is 1. The quantitative estimate of drug-likeness (QED) is 0.521. The fraction of sp³-hybridized carbons (Fsp3) is 0.0667. The van der Waals surface area contributed by atoms with E-state index in [1.807, 2.05) is 0 Å². The molecule has 0 fully saturated rings. The highest BCUT2D eigenvalue weighted by molar-refractivity contribution is 5.97. The molecule has 0 heterocycles. The van der Waals surface area contributed by atoms with Gasteiger partial charge < -0.3 is 4.74 Å². The third-order valence-corrected chi connectivity index (χ3v) is 2.85. The molecule has 2 aromatic carbocycles. The Balaban J connectivity index is 2.13. The van der Waals surface area contributed by atoms with Crippen LogP contribution >= 0.6 is 0 Å². The predicted molar refractivity (Wildman–Crippen MR) is 81.2 cm³/mol. The number of carbonyl (C=O) groups is 1. The van der Waals surface area contributed by atoms with Gasteiger partial charge >= 0.3 is 0 Å². The van der Waals surface area contributed by atoms with Crippen molar-refractivity contribution in [2.24, 2.45) is 5.10 Å². The van der Waals surface area contributed by atoms with Crippen molar-refractivity contribution >= 4 is 17.8 Å². The van der Waals surface area contributed by atoms with E-state index >= 15 is 0 Å². The molecular formula is C15H13N3O4. The van der Waals surface area contributed by atoms with Crippen molar-refractivity contribution in [1.82, 2.24) is 5.43 Å². The maximum atomic E-state index is 12.0. The zero-order valence-corrected chi connectivity index (χ0v) is 11.7. The van der Waals surface area contributed by atoms with Gasteiger partial charge in [0.05, 0.1) is 29.4 Å². The van der Waals surface area contributed by atoms with E-state index in [1.54, 1.807) is 36.4 Å². The van der Waals surface area contributed by atoms with Crippen molar-refractivity contribution in [3.8, 4) is 5.75 Å². The SMILES string of the molecule is COc1ccccc1C(=O)N/N=C/c1ccccc1[N+](=O)[O-]. The Morgan fingerprint density at radius 2 is 1.91 bits per heavy atom. The minimum Gasteiger partial charge on any atom is -0.496 e. The molecule has 0 atom stereocenters. The third kappa shape index (κ3) is 3.45. The maximum Gasteiger partial charge on any atom is 0.278 e. The van der Waals surface area contributed by atoms with Gasteiger partial charge in [0.2, 0.25) is 0 Å². The first kappa shape index (κ1) is 15.2. The van der Waals surface area contributed by atoms with E-state index < -0.39 is 10.8 Å². The first-order valence-corrected chi connectivity index (χ1v) is 6.33. The van der Waals surface area contributed by atoms with E-state index in [0.29, 0.717) is 16.9 Å². The lowest BCUT2D eigenvalue weighted by atomic mass is 10.2. The summed E-state index contributed by atoms with van der Waals surface area (Å²) in [5, 5.41) is 14.6. The lowest BCUT2D eigenvalue weighted by Gasteiger charge is -2.05. The van der Waals surface area contributed by atoms with Crippen molar-refractivity contribution in [2.45, 2.75) is 0 Å². The molecule has 0 aliphatic carbocycles. The summed E-state index contributed by atoms with van der Waals surface area (Å²) in [6.45, 7) is 0. The van der Waals surface area contributed by atoms with Crippen LogP contribution in [0, 0.1) is 10.1 Å². The number of nitrogens with one attached hydrogen (secondary N) is 1. The van der Waals surface area contributed by atoms with E-state index in [1.165, 1.54) is 25.5 Å². The van der Waals surface area contributed by atoms with Crippen molar-refractivity contribution in [3.05, 3.63) is 69.8 Å². The van der Waals surface area contributed by atoms with E-state index in [-0.39, 0.29) is 5.69 Å². The summed E-state index contributed by atoms with van der Waals surface area (Å²) in [4.78, 5) is 22.3. The molecule has 0 saturated heterocycles. The fourth-order valence-electron chi connectivity index (χ4n) is 1.82. The van der Waals surface area contributed by atoms with Crippen LogP contribution in [-0.4, -0.2) is 24.2 Å². The molecule has 112 valence electrons. The molecule has 0 aliphatic heterocycles. The summed E-state index contributed by atoms with van der Waals surface area (Å²) in [6.07, 6.45) is 1.23. The smallest absolute Gasteiger partial charge is 0.278 e. The van der Waals surface area contributed by atoms with Crippen LogP contribution in [0.5, 0.6) is 5.75 Å². The molecule has 7 nitrogen and oxygen atoms in total. The summed E-state index contributed by atoms with van der Waals surface area (Å²) < 4.78 is 5.08. The summed E-state index contributed by atoms with van der Waals surface area (Å²) >= 11 is 0. The average Bonchev–Trinajstić information content (AvgIpc) is 2.55. The van der Waals surface area contributed by atoms with Gasteiger partial charge in [-0.2, -0.15) is 5.10 Å². The second-order valence-corrected chi connectivity index (χ2v) is 4.22. The fourth-order valence-corrected chi connectivity index (χ4v) is 1.82. The van der Waals surface area contributed by atoms with Crippen LogP contribution in [0.25, 0.3) is 0 Å². The summed E-state index contributed by atoms with van der Waals surface area (Å²) in [6, 6.07) is 12.8. The molecule has 0 spiro atoms. The molecule has 0 bridgehead atoms. The number of benzene rings is 2. The Labute approximate surface area is 126 Å². The standard InChI is InChI=1S/C15H13N3O4/c1-22-14-9-5-3-7-12(14)15(19)17-16-10-11-6-2-4-8-13(11)18(20)21/h2-10H,1H3,(H,17,19)/b16-10+. The Hall–Kier alpha value is -3.22. The van der Waals surface area contributed by atoms with Gasteiger partial charge in [0.15, 0.2) is 0 Å². The molecule has 0 unspecified atom stereocenters. The van der Waals surface area contributed by atoms with Gasteiger partial charge in [-0.1, -0.05) is 24.3 Å². The number of hydrazone groups is 1. The van der Waals surface area contributed by atoms with Crippen molar-refractivity contribution in [2.75, 3.05) is 7.11 Å². The summed E-state index contributed by atoms with van der Waals surface area (Å²) in [5.41, 5.74) is 2.85. The normalized spacial score (nSPS) is 10.4. The summed E-state index contributed by atoms with van der Waals surface area (Å²) in [7, 11) is 1.46. The highest BCUT2D eigenvalue weighted by Gasteiger charge is 2.12. The van der Waals surface area contributed by atoms with Gasteiger partial charge in [0.25, 0.3) is 11.6 Å². The molecule has 22 heavy (non-hydrogen) atoms. The molecular weight excluding hydrogens is 286 g/mol. The van der Waals surface area contributed by atoms with Crippen LogP contribution in [0.15, 0.2) is 53.6 Å². The van der Waals surface area contributed by atoms with Gasteiger partial charge in [0, 0.05) is 6.07 Å². The molecule has 0 radical (unpaired) electrons. The summed E-state index contributed by atoms with van der Waals surface area (Å²) in [5.74, 6) is -0.0480. The largest absolute Gasteiger partial charge is 0.496 e. The van der Waals surface area contributed by atoms with Gasteiger partial charge in [-0.25, -0.2) is 5.43 Å². The van der Waals surface area contributed by atoms with Crippen molar-refractivity contribution in [1.29, 1.82) is 0 Å². The zero-order chi connectivity index (χ0) is 15.9. The molecule has 2 aromatic rings. The van der Waals surface area contributed by atoms with E-state index in [0.717, 1.165) is 0 Å². The van der Waals surface area contributed by atoms with Crippen LogP contribution < -0.4 is 10.2 Å². The van der Waals surface area contributed by atoms with E-state index in [4.69, 9.17) is 4.74 Å². The van der Waals surface area contributed by atoms with Gasteiger partial charge in [-0.15, -0.1) is 0 Å². The number of rotatable bonds is 5. The molecule has 1 N–H and O–H groups in total. The van der Waals surface area contributed by atoms with Crippen molar-refractivity contribution in [3.63, 3.8) is 0 Å². The van der Waals surface area contributed by atoms with E-state index in [2.05, 4.69) is 10.5 Å². The minimum atomic E-state index is -0.511. The van der Waals surface area contributed by atoms with Gasteiger partial charge in [0.1, 0.15) is 5.75 Å². The number of nitro benzene ring substituents is 1. The van der Waals surface area contributed by atoms with Gasteiger partial charge in [-0.05, 0) is 18.2 Å². The Kier molecular flexibility index (Phi) is 4.81. The van der Waals surface area contributed by atoms with Crippen LogP contribution in [0.2, 0.25) is 0 Å². The van der Waals surface area contributed by atoms with Crippen LogP contribution in [-0.2, 0) is 0 Å². The number of nitro groups is 1. The second-order valence-electron chi connectivity index (χ2n) is 4.22. The number of nitrogens with zero attached hydrogens (tertiary/aromatic N) is 2. The minimum absolute atomic E-state index is 0.0854. The van der Waals surface area contributed by atoms with E-state index in [9.17, 15) is 14.9 Å². The monoisotopic (exact) mass is 299 g/mol. The highest BCUT2D eigenvalue weighted by atomic mass is 16.6. The van der Waals surface area contributed by atoms with Crippen LogP contribution in [0.1, 0.15) is 15.9 Å².